The summed E-state index contributed by atoms with van der Waals surface area (Å²) in [4.78, 5) is 16.6. The van der Waals surface area contributed by atoms with Gasteiger partial charge in [-0.3, -0.25) is 4.79 Å². The SMILES string of the molecule is COc1ccc(C=CC(=O)c2ccc(-n3ccnc3)cc2)cc1COc1ccccc1Cl. The van der Waals surface area contributed by atoms with E-state index in [0.717, 1.165) is 16.8 Å². The van der Waals surface area contributed by atoms with Crippen LogP contribution in [-0.4, -0.2) is 22.4 Å². The van der Waals surface area contributed by atoms with Gasteiger partial charge in [-0.05, 0) is 60.2 Å². The van der Waals surface area contributed by atoms with E-state index in [1.165, 1.54) is 0 Å². The number of ether oxygens (including phenoxy) is 2. The van der Waals surface area contributed by atoms with Crippen LogP contribution in [-0.2, 0) is 6.61 Å². The minimum Gasteiger partial charge on any atom is -0.496 e. The summed E-state index contributed by atoms with van der Waals surface area (Å²) in [6.07, 6.45) is 8.63. The molecule has 3 aromatic carbocycles. The maximum atomic E-state index is 12.6. The Bertz CT molecular complexity index is 1230. The third kappa shape index (κ3) is 5.07. The van der Waals surface area contributed by atoms with Gasteiger partial charge in [0.2, 0.25) is 0 Å². The van der Waals surface area contributed by atoms with Gasteiger partial charge in [-0.1, -0.05) is 35.9 Å². The Balaban J connectivity index is 1.46. The van der Waals surface area contributed by atoms with Crippen molar-refractivity contribution in [3.63, 3.8) is 0 Å². The first-order chi connectivity index (χ1) is 15.6. The van der Waals surface area contributed by atoms with Gasteiger partial charge in [-0.2, -0.15) is 0 Å². The normalized spacial score (nSPS) is 10.9. The lowest BCUT2D eigenvalue weighted by atomic mass is 10.1. The minimum absolute atomic E-state index is 0.0770. The molecule has 5 nitrogen and oxygen atoms in total. The highest BCUT2D eigenvalue weighted by atomic mass is 35.5. The van der Waals surface area contributed by atoms with Crippen LogP contribution in [0.2, 0.25) is 5.02 Å². The number of aromatic nitrogens is 2. The molecular formula is C26H21ClN2O3. The van der Waals surface area contributed by atoms with Crippen LogP contribution in [0.5, 0.6) is 11.5 Å². The number of hydrogen-bond acceptors (Lipinski definition) is 4. The Morgan fingerprint density at radius 3 is 2.59 bits per heavy atom. The van der Waals surface area contributed by atoms with Crippen molar-refractivity contribution >= 4 is 23.5 Å². The summed E-state index contributed by atoms with van der Waals surface area (Å²) in [5, 5.41) is 0.548. The first-order valence-electron chi connectivity index (χ1n) is 9.99. The molecule has 6 heteroatoms. The number of carbonyl (C=O) groups is 1. The molecule has 0 amide bonds. The molecule has 0 fully saturated rings. The van der Waals surface area contributed by atoms with Crippen molar-refractivity contribution in [3.05, 3.63) is 113 Å². The van der Waals surface area contributed by atoms with Crippen molar-refractivity contribution in [2.24, 2.45) is 0 Å². The van der Waals surface area contributed by atoms with Crippen LogP contribution >= 0.6 is 11.6 Å². The fraction of sp³-hybridized carbons (Fsp3) is 0.0769. The number of methoxy groups -OCH3 is 1. The molecule has 32 heavy (non-hydrogen) atoms. The standard InChI is InChI=1S/C26H21ClN2O3/c1-31-25-13-7-19(16-21(25)17-32-26-5-3-2-4-23(26)27)6-12-24(30)20-8-10-22(11-9-20)29-15-14-28-18-29/h2-16,18H,17H2,1H3. The number of allylic oxidation sites excluding steroid dienone is 1. The molecule has 0 saturated carbocycles. The van der Waals surface area contributed by atoms with Gasteiger partial charge in [0.25, 0.3) is 0 Å². The lowest BCUT2D eigenvalue weighted by Gasteiger charge is -2.12. The maximum absolute atomic E-state index is 12.6. The molecule has 160 valence electrons. The fourth-order valence-electron chi connectivity index (χ4n) is 3.21. The summed E-state index contributed by atoms with van der Waals surface area (Å²) in [5.74, 6) is 1.23. The third-order valence-corrected chi connectivity index (χ3v) is 5.22. The fourth-order valence-corrected chi connectivity index (χ4v) is 3.40. The number of ketones is 1. The molecule has 0 aliphatic carbocycles. The third-order valence-electron chi connectivity index (χ3n) is 4.91. The van der Waals surface area contributed by atoms with E-state index in [9.17, 15) is 4.79 Å². The second-order valence-corrected chi connectivity index (χ2v) is 7.41. The van der Waals surface area contributed by atoms with E-state index in [-0.39, 0.29) is 12.4 Å². The van der Waals surface area contributed by atoms with Gasteiger partial charge in [0.1, 0.15) is 18.1 Å². The van der Waals surface area contributed by atoms with Crippen LogP contribution in [0.25, 0.3) is 11.8 Å². The second kappa shape index (κ2) is 9.98. The molecule has 0 unspecified atom stereocenters. The minimum atomic E-state index is -0.0770. The van der Waals surface area contributed by atoms with Crippen LogP contribution in [0.1, 0.15) is 21.5 Å². The molecule has 1 heterocycles. The average Bonchev–Trinajstić information content (AvgIpc) is 3.37. The molecule has 0 saturated heterocycles. The maximum Gasteiger partial charge on any atom is 0.185 e. The summed E-state index contributed by atoms with van der Waals surface area (Å²) in [6, 6.07) is 20.4. The van der Waals surface area contributed by atoms with E-state index in [0.29, 0.717) is 22.1 Å². The number of benzene rings is 3. The zero-order chi connectivity index (χ0) is 22.3. The van der Waals surface area contributed by atoms with Crippen molar-refractivity contribution < 1.29 is 14.3 Å². The predicted octanol–water partition coefficient (Wildman–Crippen LogP) is 6.01. The van der Waals surface area contributed by atoms with Crippen molar-refractivity contribution in [2.45, 2.75) is 6.61 Å². The van der Waals surface area contributed by atoms with Crippen LogP contribution in [0.15, 0.2) is 91.5 Å². The molecule has 0 spiro atoms. The first-order valence-corrected chi connectivity index (χ1v) is 10.4. The molecule has 0 aliphatic heterocycles. The van der Waals surface area contributed by atoms with Gasteiger partial charge >= 0.3 is 0 Å². The summed E-state index contributed by atoms with van der Waals surface area (Å²) < 4.78 is 13.2. The summed E-state index contributed by atoms with van der Waals surface area (Å²) in [6.45, 7) is 0.290. The van der Waals surface area contributed by atoms with E-state index in [2.05, 4.69) is 4.98 Å². The van der Waals surface area contributed by atoms with Crippen LogP contribution in [0, 0.1) is 0 Å². The Kier molecular flexibility index (Phi) is 6.68. The Morgan fingerprint density at radius 2 is 1.88 bits per heavy atom. The highest BCUT2D eigenvalue weighted by Gasteiger charge is 2.08. The van der Waals surface area contributed by atoms with Gasteiger partial charge in [0.15, 0.2) is 5.78 Å². The number of rotatable bonds is 8. The highest BCUT2D eigenvalue weighted by molar-refractivity contribution is 6.32. The average molecular weight is 445 g/mol. The Morgan fingerprint density at radius 1 is 1.06 bits per heavy atom. The Labute approximate surface area is 191 Å². The molecule has 0 atom stereocenters. The molecule has 0 N–H and O–H groups in total. The van der Waals surface area contributed by atoms with Crippen LogP contribution in [0.4, 0.5) is 0 Å². The quantitative estimate of drug-likeness (QED) is 0.247. The van der Waals surface area contributed by atoms with E-state index in [1.807, 2.05) is 59.3 Å². The number of halogens is 1. The van der Waals surface area contributed by atoms with E-state index < -0.39 is 0 Å². The van der Waals surface area contributed by atoms with Crippen molar-refractivity contribution in [1.82, 2.24) is 9.55 Å². The van der Waals surface area contributed by atoms with Crippen molar-refractivity contribution in [3.8, 4) is 17.2 Å². The number of para-hydroxylation sites is 1. The largest absolute Gasteiger partial charge is 0.496 e. The Hall–Kier alpha value is -3.83. The van der Waals surface area contributed by atoms with Crippen LogP contribution in [0.3, 0.4) is 0 Å². The van der Waals surface area contributed by atoms with E-state index in [1.54, 1.807) is 50.0 Å². The summed E-state index contributed by atoms with van der Waals surface area (Å²) in [7, 11) is 1.61. The zero-order valence-electron chi connectivity index (χ0n) is 17.4. The zero-order valence-corrected chi connectivity index (χ0v) is 18.2. The molecule has 1 aromatic heterocycles. The number of carbonyl (C=O) groups excluding carboxylic acids is 1. The lowest BCUT2D eigenvalue weighted by Crippen LogP contribution is -2.00. The molecule has 4 rings (SSSR count). The number of hydrogen-bond donors (Lipinski definition) is 0. The highest BCUT2D eigenvalue weighted by Crippen LogP contribution is 2.27. The molecular weight excluding hydrogens is 424 g/mol. The van der Waals surface area contributed by atoms with Gasteiger partial charge in [0, 0.05) is 29.2 Å². The van der Waals surface area contributed by atoms with Gasteiger partial charge in [0.05, 0.1) is 18.5 Å². The van der Waals surface area contributed by atoms with Gasteiger partial charge in [-0.25, -0.2) is 4.98 Å². The second-order valence-electron chi connectivity index (χ2n) is 7.00. The van der Waals surface area contributed by atoms with Crippen LogP contribution < -0.4 is 9.47 Å². The summed E-state index contributed by atoms with van der Waals surface area (Å²) in [5.41, 5.74) is 3.28. The molecule has 0 aliphatic rings. The van der Waals surface area contributed by atoms with Crippen molar-refractivity contribution in [2.75, 3.05) is 7.11 Å². The topological polar surface area (TPSA) is 53.4 Å². The van der Waals surface area contributed by atoms with Gasteiger partial charge in [-0.15, -0.1) is 0 Å². The smallest absolute Gasteiger partial charge is 0.185 e. The number of nitrogens with zero attached hydrogens (tertiary/aromatic N) is 2. The molecule has 0 bridgehead atoms. The number of imidazole rings is 1. The van der Waals surface area contributed by atoms with Crippen molar-refractivity contribution in [1.29, 1.82) is 0 Å². The van der Waals surface area contributed by atoms with Gasteiger partial charge < -0.3 is 14.0 Å². The van der Waals surface area contributed by atoms with E-state index in [4.69, 9.17) is 21.1 Å². The molecule has 0 radical (unpaired) electrons. The lowest BCUT2D eigenvalue weighted by molar-refractivity contribution is 0.104. The molecule has 4 aromatic rings. The monoisotopic (exact) mass is 444 g/mol. The van der Waals surface area contributed by atoms with E-state index >= 15 is 0 Å². The first kappa shape index (κ1) is 21.4. The predicted molar refractivity (Wildman–Crippen MR) is 126 cm³/mol. The summed E-state index contributed by atoms with van der Waals surface area (Å²) >= 11 is 6.17.